The number of hydrogen-bond donors (Lipinski definition) is 1. The van der Waals surface area contributed by atoms with Crippen molar-refractivity contribution in [3.63, 3.8) is 0 Å². The maximum Gasteiger partial charge on any atom is 0.217 e. The third-order valence-electron chi connectivity index (χ3n) is 3.88. The number of hydrogen-bond acceptors (Lipinski definition) is 3. The Kier molecular flexibility index (Phi) is 4.33. The van der Waals surface area contributed by atoms with Gasteiger partial charge < -0.3 is 14.8 Å². The van der Waals surface area contributed by atoms with Crippen molar-refractivity contribution in [3.05, 3.63) is 64.5 Å². The molecule has 1 heterocycles. The molecule has 3 rings (SSSR count). The Bertz CT molecular complexity index is 827. The molecular weight excluding hydrogens is 290 g/mol. The molecule has 2 aromatic carbocycles. The predicted octanol–water partition coefficient (Wildman–Crippen LogP) is 1.49. The van der Waals surface area contributed by atoms with Gasteiger partial charge in [-0.2, -0.15) is 0 Å². The molecule has 1 aliphatic heterocycles. The van der Waals surface area contributed by atoms with Gasteiger partial charge in [0.05, 0.1) is 13.4 Å². The smallest absolute Gasteiger partial charge is 0.217 e. The monoisotopic (exact) mass is 309 g/mol. The normalized spacial score (nSPS) is 15.9. The van der Waals surface area contributed by atoms with Crippen LogP contribution in [0.2, 0.25) is 0 Å². The van der Waals surface area contributed by atoms with Gasteiger partial charge in [0.25, 0.3) is 0 Å². The quantitative estimate of drug-likeness (QED) is 0.931. The number of fused-ring (bicyclic) bond motifs is 1. The van der Waals surface area contributed by atoms with E-state index in [-0.39, 0.29) is 12.0 Å². The van der Waals surface area contributed by atoms with Crippen LogP contribution in [0.25, 0.3) is 11.8 Å². The molecule has 0 saturated carbocycles. The molecule has 4 nitrogen and oxygen atoms in total. The van der Waals surface area contributed by atoms with Crippen molar-refractivity contribution in [2.45, 2.75) is 13.0 Å². The Morgan fingerprint density at radius 2 is 2.00 bits per heavy atom. The van der Waals surface area contributed by atoms with Gasteiger partial charge in [0, 0.05) is 24.3 Å². The minimum absolute atomic E-state index is 0.0612. The van der Waals surface area contributed by atoms with Gasteiger partial charge in [-0.1, -0.05) is 36.4 Å². The fourth-order valence-electron chi connectivity index (χ4n) is 2.74. The van der Waals surface area contributed by atoms with E-state index < -0.39 is 0 Å². The molecule has 118 valence electrons. The summed E-state index contributed by atoms with van der Waals surface area (Å²) in [6.07, 6.45) is 1.55. The van der Waals surface area contributed by atoms with Crippen molar-refractivity contribution in [2.24, 2.45) is 0 Å². The lowest BCUT2D eigenvalue weighted by Gasteiger charge is -2.24. The average molecular weight is 309 g/mol. The summed E-state index contributed by atoms with van der Waals surface area (Å²) in [6.45, 7) is 1.96. The number of carbonyl (C=O) groups excluding carboxylic acids is 1. The highest BCUT2D eigenvalue weighted by atomic mass is 16.5. The Labute approximate surface area is 135 Å². The van der Waals surface area contributed by atoms with Crippen LogP contribution >= 0.6 is 0 Å². The van der Waals surface area contributed by atoms with E-state index in [0.29, 0.717) is 6.54 Å². The van der Waals surface area contributed by atoms with Gasteiger partial charge in [-0.15, -0.1) is 0 Å². The Balaban J connectivity index is 2.12. The lowest BCUT2D eigenvalue weighted by atomic mass is 9.96. The van der Waals surface area contributed by atoms with E-state index in [1.54, 1.807) is 13.4 Å². The van der Waals surface area contributed by atoms with Crippen LogP contribution in [0.5, 0.6) is 5.75 Å². The molecule has 0 aromatic heterocycles. The molecule has 0 saturated heterocycles. The first kappa shape index (κ1) is 15.2. The van der Waals surface area contributed by atoms with Crippen molar-refractivity contribution in [3.8, 4) is 5.75 Å². The average Bonchev–Trinajstić information content (AvgIpc) is 2.59. The highest BCUT2D eigenvalue weighted by molar-refractivity contribution is 5.75. The number of ether oxygens (including phenoxy) is 2. The van der Waals surface area contributed by atoms with E-state index in [9.17, 15) is 4.79 Å². The Hall–Kier alpha value is -2.75. The summed E-state index contributed by atoms with van der Waals surface area (Å²) < 4.78 is 11.2. The molecular formula is C19H19NO3. The van der Waals surface area contributed by atoms with E-state index in [4.69, 9.17) is 9.47 Å². The largest absolute Gasteiger partial charge is 0.497 e. The summed E-state index contributed by atoms with van der Waals surface area (Å²) in [7, 11) is 1.64. The Morgan fingerprint density at radius 3 is 2.70 bits per heavy atom. The van der Waals surface area contributed by atoms with Crippen LogP contribution in [0.1, 0.15) is 18.6 Å². The number of methoxy groups -OCH3 is 1. The first-order chi connectivity index (χ1) is 11.2. The van der Waals surface area contributed by atoms with Crippen LogP contribution in [0.4, 0.5) is 0 Å². The number of benzene rings is 2. The Morgan fingerprint density at radius 1 is 1.22 bits per heavy atom. The van der Waals surface area contributed by atoms with Crippen LogP contribution in [-0.4, -0.2) is 19.6 Å². The highest BCUT2D eigenvalue weighted by Gasteiger charge is 2.21. The number of rotatable bonds is 4. The first-order valence-corrected chi connectivity index (χ1v) is 7.51. The molecule has 2 aromatic rings. The molecule has 1 N–H and O–H groups in total. The fourth-order valence-corrected chi connectivity index (χ4v) is 2.74. The second-order valence-electron chi connectivity index (χ2n) is 5.43. The summed E-state index contributed by atoms with van der Waals surface area (Å²) in [4.78, 5) is 11.3. The van der Waals surface area contributed by atoms with Gasteiger partial charge in [-0.3, -0.25) is 4.79 Å². The van der Waals surface area contributed by atoms with E-state index in [2.05, 4.69) is 5.32 Å². The SMILES string of the molecule is COc1ccc2c(c1)=COC(c1ccccc1)C=2CNC(C)=O. The third-order valence-corrected chi connectivity index (χ3v) is 3.88. The zero-order chi connectivity index (χ0) is 16.2. The van der Waals surface area contributed by atoms with Crippen molar-refractivity contribution in [1.29, 1.82) is 0 Å². The van der Waals surface area contributed by atoms with Crippen molar-refractivity contribution in [2.75, 3.05) is 13.7 Å². The standard InChI is InChI=1S/C19H19NO3/c1-13(21)20-11-18-17-9-8-16(22-2)10-15(17)12-23-19(18)14-6-4-3-5-7-14/h3-10,12,19H,11H2,1-2H3,(H,20,21). The maximum absolute atomic E-state index is 11.3. The number of amides is 1. The molecule has 0 spiro atoms. The van der Waals surface area contributed by atoms with Crippen LogP contribution in [-0.2, 0) is 9.53 Å². The molecule has 1 unspecified atom stereocenters. The minimum Gasteiger partial charge on any atom is -0.497 e. The molecule has 23 heavy (non-hydrogen) atoms. The van der Waals surface area contributed by atoms with Crippen molar-refractivity contribution < 1.29 is 14.3 Å². The van der Waals surface area contributed by atoms with Gasteiger partial charge in [0.1, 0.15) is 11.9 Å². The van der Waals surface area contributed by atoms with Crippen molar-refractivity contribution >= 4 is 17.7 Å². The zero-order valence-electron chi connectivity index (χ0n) is 13.2. The molecule has 0 aliphatic carbocycles. The van der Waals surface area contributed by atoms with Gasteiger partial charge in [0.15, 0.2) is 0 Å². The van der Waals surface area contributed by atoms with E-state index >= 15 is 0 Å². The number of nitrogens with one attached hydrogen (secondary N) is 1. The lowest BCUT2D eigenvalue weighted by Crippen LogP contribution is -2.37. The second-order valence-corrected chi connectivity index (χ2v) is 5.43. The fraction of sp³-hybridized carbons (Fsp3) is 0.211. The molecule has 1 atom stereocenters. The van der Waals surface area contributed by atoms with Gasteiger partial charge >= 0.3 is 0 Å². The van der Waals surface area contributed by atoms with Crippen LogP contribution < -0.4 is 20.5 Å². The summed E-state index contributed by atoms with van der Waals surface area (Å²) >= 11 is 0. The van der Waals surface area contributed by atoms with E-state index in [1.807, 2.05) is 48.5 Å². The predicted molar refractivity (Wildman–Crippen MR) is 89.1 cm³/mol. The van der Waals surface area contributed by atoms with Crippen LogP contribution in [0.15, 0.2) is 48.5 Å². The summed E-state index contributed by atoms with van der Waals surface area (Å²) in [5.41, 5.74) is 2.09. The molecule has 1 aliphatic rings. The van der Waals surface area contributed by atoms with E-state index in [0.717, 1.165) is 27.3 Å². The summed E-state index contributed by atoms with van der Waals surface area (Å²) in [5.74, 6) is 0.717. The van der Waals surface area contributed by atoms with Crippen LogP contribution in [0, 0.1) is 0 Å². The molecule has 1 amide bonds. The second kappa shape index (κ2) is 6.57. The number of carbonyl (C=O) groups is 1. The topological polar surface area (TPSA) is 47.6 Å². The minimum atomic E-state index is -0.205. The molecule has 4 heteroatoms. The molecule has 0 fully saturated rings. The highest BCUT2D eigenvalue weighted by Crippen LogP contribution is 2.27. The maximum atomic E-state index is 11.3. The molecule has 0 radical (unpaired) electrons. The third kappa shape index (κ3) is 3.21. The van der Waals surface area contributed by atoms with E-state index in [1.165, 1.54) is 6.92 Å². The van der Waals surface area contributed by atoms with Crippen molar-refractivity contribution in [1.82, 2.24) is 5.32 Å². The van der Waals surface area contributed by atoms with Gasteiger partial charge in [-0.05, 0) is 22.9 Å². The molecule has 0 bridgehead atoms. The zero-order valence-corrected chi connectivity index (χ0v) is 13.2. The first-order valence-electron chi connectivity index (χ1n) is 7.51. The lowest BCUT2D eigenvalue weighted by molar-refractivity contribution is -0.118. The summed E-state index contributed by atoms with van der Waals surface area (Å²) in [6, 6.07) is 15.9. The van der Waals surface area contributed by atoms with Crippen LogP contribution in [0.3, 0.4) is 0 Å². The van der Waals surface area contributed by atoms with Gasteiger partial charge in [-0.25, -0.2) is 0 Å². The summed E-state index contributed by atoms with van der Waals surface area (Å²) in [5, 5.41) is 4.91. The van der Waals surface area contributed by atoms with Gasteiger partial charge in [0.2, 0.25) is 5.91 Å².